The number of fused-ring (bicyclic) bond motifs is 4. The molecule has 3 nitrogen and oxygen atoms in total. The van der Waals surface area contributed by atoms with E-state index in [0.717, 1.165) is 60.2 Å². The number of allylic oxidation sites excluding steroid dienone is 2. The van der Waals surface area contributed by atoms with Gasteiger partial charge < -0.3 is 9.15 Å². The van der Waals surface area contributed by atoms with E-state index >= 15 is 0 Å². The fraction of sp³-hybridized carbons (Fsp3) is 0.389. The van der Waals surface area contributed by atoms with Crippen molar-refractivity contribution in [2.45, 2.75) is 38.5 Å². The van der Waals surface area contributed by atoms with Crippen LogP contribution in [0.2, 0.25) is 0 Å². The van der Waals surface area contributed by atoms with E-state index in [-0.39, 0.29) is 0 Å². The van der Waals surface area contributed by atoms with Gasteiger partial charge in [-0.15, -0.1) is 0 Å². The van der Waals surface area contributed by atoms with Crippen LogP contribution in [0.25, 0.3) is 16.5 Å². The summed E-state index contributed by atoms with van der Waals surface area (Å²) < 4.78 is 11.4. The monoisotopic (exact) mass is 282 g/mol. The normalized spacial score (nSPS) is 18.4. The topological polar surface area (TPSA) is 39.4 Å². The smallest absolute Gasteiger partial charge is 0.159 e. The van der Waals surface area contributed by atoms with Crippen LogP contribution in [0.1, 0.15) is 43.4 Å². The molecule has 2 aromatic rings. The molecule has 2 aliphatic rings. The molecule has 0 saturated carbocycles. The Labute approximate surface area is 123 Å². The van der Waals surface area contributed by atoms with Gasteiger partial charge >= 0.3 is 0 Å². The molecule has 0 N–H and O–H groups in total. The minimum atomic E-state index is 0.335. The second-order valence-corrected chi connectivity index (χ2v) is 5.85. The van der Waals surface area contributed by atoms with Gasteiger partial charge in [0, 0.05) is 23.8 Å². The summed E-state index contributed by atoms with van der Waals surface area (Å²) in [6, 6.07) is 5.92. The van der Waals surface area contributed by atoms with E-state index in [1.807, 2.05) is 18.2 Å². The maximum Gasteiger partial charge on any atom is 0.159 e. The first-order chi connectivity index (χ1) is 10.3. The average molecular weight is 282 g/mol. The molecule has 0 radical (unpaired) electrons. The van der Waals surface area contributed by atoms with E-state index < -0.39 is 0 Å². The number of aryl methyl sites for hydroxylation is 1. The molecule has 0 fully saturated rings. The minimum Gasteiger partial charge on any atom is -0.497 e. The van der Waals surface area contributed by atoms with E-state index in [1.165, 1.54) is 11.1 Å². The van der Waals surface area contributed by atoms with Crippen molar-refractivity contribution in [1.29, 1.82) is 0 Å². The van der Waals surface area contributed by atoms with Crippen molar-refractivity contribution in [1.82, 2.24) is 0 Å². The van der Waals surface area contributed by atoms with Crippen molar-refractivity contribution in [3.05, 3.63) is 35.1 Å². The quantitative estimate of drug-likeness (QED) is 0.783. The second kappa shape index (κ2) is 4.76. The molecule has 0 atom stereocenters. The number of methoxy groups -OCH3 is 1. The van der Waals surface area contributed by atoms with Crippen molar-refractivity contribution >= 4 is 22.3 Å². The van der Waals surface area contributed by atoms with Gasteiger partial charge in [-0.25, -0.2) is 0 Å². The highest BCUT2D eigenvalue weighted by Crippen LogP contribution is 2.43. The molecule has 0 amide bonds. The molecular formula is C18H18O3. The van der Waals surface area contributed by atoms with Gasteiger partial charge in [0.25, 0.3) is 0 Å². The van der Waals surface area contributed by atoms with Gasteiger partial charge in [0.2, 0.25) is 0 Å². The number of carbonyl (C=O) groups excluding carboxylic acids is 1. The molecule has 0 aliphatic heterocycles. The highest BCUT2D eigenvalue weighted by molar-refractivity contribution is 6.07. The van der Waals surface area contributed by atoms with E-state index in [2.05, 4.69) is 0 Å². The van der Waals surface area contributed by atoms with E-state index in [9.17, 15) is 4.79 Å². The number of hydrogen-bond acceptors (Lipinski definition) is 3. The summed E-state index contributed by atoms with van der Waals surface area (Å²) in [4.78, 5) is 12.3. The number of Topliss-reactive ketones (excluding diaryl/α,β-unsaturated/α-hetero) is 1. The molecule has 2 aliphatic carbocycles. The Morgan fingerprint density at radius 1 is 1.05 bits per heavy atom. The van der Waals surface area contributed by atoms with Gasteiger partial charge in [0.05, 0.1) is 7.11 Å². The summed E-state index contributed by atoms with van der Waals surface area (Å²) in [7, 11) is 1.68. The Balaban J connectivity index is 2.02. The summed E-state index contributed by atoms with van der Waals surface area (Å²) in [5.74, 6) is 2.21. The van der Waals surface area contributed by atoms with Crippen LogP contribution in [0.4, 0.5) is 0 Å². The first-order valence-corrected chi connectivity index (χ1v) is 7.63. The van der Waals surface area contributed by atoms with Crippen LogP contribution in [0.15, 0.2) is 28.2 Å². The zero-order chi connectivity index (χ0) is 14.4. The molecule has 1 aromatic carbocycles. The highest BCUT2D eigenvalue weighted by Gasteiger charge is 2.28. The third kappa shape index (κ3) is 1.91. The first-order valence-electron chi connectivity index (χ1n) is 7.63. The van der Waals surface area contributed by atoms with Crippen LogP contribution in [-0.2, 0) is 11.2 Å². The standard InChI is InChI=1S/C18H18O3/c1-20-11-8-9-16-14(10-11)18-13-5-2-6-15(19)12(13)4-3-7-17(18)21-16/h8-10H,2-7H2,1H3. The SMILES string of the molecule is COc1ccc2oc3c(c2c1)C1=C(CCC3)C(=O)CCC1. The van der Waals surface area contributed by atoms with Crippen LogP contribution in [0.5, 0.6) is 5.75 Å². The highest BCUT2D eigenvalue weighted by atomic mass is 16.5. The summed E-state index contributed by atoms with van der Waals surface area (Å²) >= 11 is 0. The Morgan fingerprint density at radius 3 is 2.71 bits per heavy atom. The Bertz CT molecular complexity index is 764. The lowest BCUT2D eigenvalue weighted by molar-refractivity contribution is -0.116. The lowest BCUT2D eigenvalue weighted by atomic mass is 9.85. The summed E-state index contributed by atoms with van der Waals surface area (Å²) in [6.07, 6.45) is 5.44. The van der Waals surface area contributed by atoms with Crippen molar-refractivity contribution in [3.8, 4) is 5.75 Å². The predicted molar refractivity (Wildman–Crippen MR) is 81.5 cm³/mol. The van der Waals surface area contributed by atoms with Crippen molar-refractivity contribution in [2.75, 3.05) is 7.11 Å². The molecule has 4 rings (SSSR count). The molecule has 1 aromatic heterocycles. The number of ether oxygens (including phenoxy) is 1. The second-order valence-electron chi connectivity index (χ2n) is 5.85. The third-order valence-electron chi connectivity index (χ3n) is 4.63. The lowest BCUT2D eigenvalue weighted by Gasteiger charge is -2.17. The number of benzene rings is 1. The third-order valence-corrected chi connectivity index (χ3v) is 4.63. The van der Waals surface area contributed by atoms with E-state index in [4.69, 9.17) is 9.15 Å². The molecule has 0 bridgehead atoms. The molecule has 0 unspecified atom stereocenters. The number of ketones is 1. The zero-order valence-electron chi connectivity index (χ0n) is 12.2. The maximum absolute atomic E-state index is 12.3. The van der Waals surface area contributed by atoms with Gasteiger partial charge in [0.15, 0.2) is 5.78 Å². The number of furan rings is 1. The average Bonchev–Trinajstić information content (AvgIpc) is 2.75. The van der Waals surface area contributed by atoms with Gasteiger partial charge in [-0.3, -0.25) is 4.79 Å². The Kier molecular flexibility index (Phi) is 2.88. The van der Waals surface area contributed by atoms with Crippen LogP contribution in [0.3, 0.4) is 0 Å². The molecular weight excluding hydrogens is 264 g/mol. The summed E-state index contributed by atoms with van der Waals surface area (Å²) in [6.45, 7) is 0. The molecule has 0 spiro atoms. The number of carbonyl (C=O) groups is 1. The van der Waals surface area contributed by atoms with Gasteiger partial charge in [-0.05, 0) is 55.0 Å². The predicted octanol–water partition coefficient (Wildman–Crippen LogP) is 4.28. The van der Waals surface area contributed by atoms with Crippen LogP contribution in [-0.4, -0.2) is 12.9 Å². The van der Waals surface area contributed by atoms with Gasteiger partial charge in [-0.2, -0.15) is 0 Å². The largest absolute Gasteiger partial charge is 0.497 e. The summed E-state index contributed by atoms with van der Waals surface area (Å²) in [5.41, 5.74) is 4.34. The molecule has 3 heteroatoms. The fourth-order valence-corrected chi connectivity index (χ4v) is 3.65. The van der Waals surface area contributed by atoms with E-state index in [0.29, 0.717) is 12.2 Å². The van der Waals surface area contributed by atoms with Crippen molar-refractivity contribution in [2.24, 2.45) is 0 Å². The fourth-order valence-electron chi connectivity index (χ4n) is 3.65. The Morgan fingerprint density at radius 2 is 1.86 bits per heavy atom. The first kappa shape index (κ1) is 12.7. The van der Waals surface area contributed by atoms with E-state index in [1.54, 1.807) is 7.11 Å². The Hall–Kier alpha value is -2.03. The van der Waals surface area contributed by atoms with Crippen molar-refractivity contribution < 1.29 is 13.9 Å². The summed E-state index contributed by atoms with van der Waals surface area (Å²) in [5, 5.41) is 1.09. The van der Waals surface area contributed by atoms with Gasteiger partial charge in [-0.1, -0.05) is 0 Å². The lowest BCUT2D eigenvalue weighted by Crippen LogP contribution is -2.10. The van der Waals surface area contributed by atoms with Crippen LogP contribution < -0.4 is 4.74 Å². The minimum absolute atomic E-state index is 0.335. The molecule has 1 heterocycles. The molecule has 21 heavy (non-hydrogen) atoms. The van der Waals surface area contributed by atoms with Gasteiger partial charge in [0.1, 0.15) is 17.1 Å². The van der Waals surface area contributed by atoms with Crippen LogP contribution in [0, 0.1) is 0 Å². The zero-order valence-corrected chi connectivity index (χ0v) is 12.2. The number of rotatable bonds is 1. The maximum atomic E-state index is 12.3. The number of hydrogen-bond donors (Lipinski definition) is 0. The molecule has 0 saturated heterocycles. The molecule has 108 valence electrons. The van der Waals surface area contributed by atoms with Crippen LogP contribution >= 0.6 is 0 Å². The van der Waals surface area contributed by atoms with Crippen molar-refractivity contribution in [3.63, 3.8) is 0 Å².